The highest BCUT2D eigenvalue weighted by atomic mass is 16.5. The molecular weight excluding hydrogens is 180 g/mol. The first-order valence-corrected chi connectivity index (χ1v) is 4.89. The first kappa shape index (κ1) is 9.40. The molecule has 1 aliphatic heterocycles. The van der Waals surface area contributed by atoms with Gasteiger partial charge in [-0.15, -0.1) is 0 Å². The van der Waals surface area contributed by atoms with Gasteiger partial charge < -0.3 is 9.42 Å². The molecule has 14 heavy (non-hydrogen) atoms. The first-order chi connectivity index (χ1) is 6.81. The van der Waals surface area contributed by atoms with E-state index in [1.54, 1.807) is 0 Å². The van der Waals surface area contributed by atoms with Crippen molar-refractivity contribution in [2.24, 2.45) is 0 Å². The zero-order valence-electron chi connectivity index (χ0n) is 8.27. The monoisotopic (exact) mass is 194 g/mol. The quantitative estimate of drug-likeness (QED) is 0.666. The minimum Gasteiger partial charge on any atom is -0.360 e. The standard InChI is InChI=1S/C10H14N2O2/c1-12-4-2-3-8(6-12)10-9(7-13)5-11-14-10/h5,7-8H,2-4,6H2,1H3. The van der Waals surface area contributed by atoms with Gasteiger partial charge in [0.15, 0.2) is 12.0 Å². The van der Waals surface area contributed by atoms with E-state index in [4.69, 9.17) is 4.52 Å². The Balaban J connectivity index is 2.17. The van der Waals surface area contributed by atoms with Gasteiger partial charge in [0, 0.05) is 12.5 Å². The maximum Gasteiger partial charge on any atom is 0.155 e. The fraction of sp³-hybridized carbons (Fsp3) is 0.600. The molecule has 0 radical (unpaired) electrons. The summed E-state index contributed by atoms with van der Waals surface area (Å²) in [6.45, 7) is 2.08. The number of likely N-dealkylation sites (tertiary alicyclic amines) is 1. The van der Waals surface area contributed by atoms with Crippen LogP contribution in [-0.2, 0) is 0 Å². The molecule has 0 bridgehead atoms. The zero-order chi connectivity index (χ0) is 9.97. The summed E-state index contributed by atoms with van der Waals surface area (Å²) in [6.07, 6.45) is 4.55. The van der Waals surface area contributed by atoms with Gasteiger partial charge in [-0.1, -0.05) is 5.16 Å². The molecule has 2 heterocycles. The lowest BCUT2D eigenvalue weighted by Gasteiger charge is -2.28. The van der Waals surface area contributed by atoms with E-state index in [0.29, 0.717) is 11.5 Å². The van der Waals surface area contributed by atoms with Gasteiger partial charge in [0.2, 0.25) is 0 Å². The van der Waals surface area contributed by atoms with Gasteiger partial charge in [-0.2, -0.15) is 0 Å². The summed E-state index contributed by atoms with van der Waals surface area (Å²) in [5.74, 6) is 1.09. The van der Waals surface area contributed by atoms with Gasteiger partial charge >= 0.3 is 0 Å². The SMILES string of the molecule is CN1CCCC(c2oncc2C=O)C1. The molecule has 4 nitrogen and oxygen atoms in total. The summed E-state index contributed by atoms with van der Waals surface area (Å²) in [4.78, 5) is 13.0. The van der Waals surface area contributed by atoms with E-state index in [1.165, 1.54) is 6.20 Å². The van der Waals surface area contributed by atoms with Crippen molar-refractivity contribution in [2.45, 2.75) is 18.8 Å². The van der Waals surface area contributed by atoms with E-state index in [9.17, 15) is 4.79 Å². The van der Waals surface area contributed by atoms with Crippen molar-refractivity contribution < 1.29 is 9.32 Å². The molecule has 2 rings (SSSR count). The zero-order valence-corrected chi connectivity index (χ0v) is 8.27. The summed E-state index contributed by atoms with van der Waals surface area (Å²) < 4.78 is 5.14. The Bertz CT molecular complexity index is 322. The maximum absolute atomic E-state index is 10.7. The number of hydrogen-bond donors (Lipinski definition) is 0. The number of aldehydes is 1. The lowest BCUT2D eigenvalue weighted by molar-refractivity contribution is 0.111. The molecule has 1 saturated heterocycles. The van der Waals surface area contributed by atoms with E-state index in [2.05, 4.69) is 17.1 Å². The molecule has 1 aliphatic rings. The lowest BCUT2D eigenvalue weighted by atomic mass is 9.94. The minimum absolute atomic E-state index is 0.330. The average molecular weight is 194 g/mol. The summed E-state index contributed by atoms with van der Waals surface area (Å²) in [5, 5.41) is 3.67. The molecule has 0 saturated carbocycles. The van der Waals surface area contributed by atoms with Gasteiger partial charge in [-0.3, -0.25) is 4.79 Å². The summed E-state index contributed by atoms with van der Waals surface area (Å²) >= 11 is 0. The van der Waals surface area contributed by atoms with Crippen LogP contribution < -0.4 is 0 Å². The fourth-order valence-electron chi connectivity index (χ4n) is 2.04. The van der Waals surface area contributed by atoms with Gasteiger partial charge in [0.1, 0.15) is 0 Å². The van der Waals surface area contributed by atoms with Crippen molar-refractivity contribution in [3.63, 3.8) is 0 Å². The fourth-order valence-corrected chi connectivity index (χ4v) is 2.04. The molecule has 1 unspecified atom stereocenters. The highest BCUT2D eigenvalue weighted by molar-refractivity contribution is 5.75. The molecule has 0 amide bonds. The highest BCUT2D eigenvalue weighted by Crippen LogP contribution is 2.27. The van der Waals surface area contributed by atoms with Gasteiger partial charge in [0.25, 0.3) is 0 Å². The van der Waals surface area contributed by atoms with E-state index in [0.717, 1.165) is 38.0 Å². The third kappa shape index (κ3) is 1.70. The second-order valence-electron chi connectivity index (χ2n) is 3.86. The lowest BCUT2D eigenvalue weighted by Crippen LogP contribution is -2.30. The molecule has 4 heteroatoms. The molecule has 1 fully saturated rings. The van der Waals surface area contributed by atoms with Crippen LogP contribution in [0.3, 0.4) is 0 Å². The summed E-state index contributed by atoms with van der Waals surface area (Å²) in [5.41, 5.74) is 0.602. The largest absolute Gasteiger partial charge is 0.360 e. The van der Waals surface area contributed by atoms with Crippen LogP contribution in [-0.4, -0.2) is 36.5 Å². The number of hydrogen-bond acceptors (Lipinski definition) is 4. The Hall–Kier alpha value is -1.16. The summed E-state index contributed by atoms with van der Waals surface area (Å²) in [6, 6.07) is 0. The van der Waals surface area contributed by atoms with Crippen molar-refractivity contribution in [1.82, 2.24) is 10.1 Å². The second-order valence-corrected chi connectivity index (χ2v) is 3.86. The van der Waals surface area contributed by atoms with Crippen LogP contribution in [0, 0.1) is 0 Å². The van der Waals surface area contributed by atoms with Crippen LogP contribution in [0.1, 0.15) is 34.9 Å². The number of carbonyl (C=O) groups is 1. The van der Waals surface area contributed by atoms with Gasteiger partial charge in [-0.25, -0.2) is 0 Å². The second kappa shape index (κ2) is 3.92. The summed E-state index contributed by atoms with van der Waals surface area (Å²) in [7, 11) is 2.09. The third-order valence-corrected chi connectivity index (χ3v) is 2.75. The van der Waals surface area contributed by atoms with E-state index in [1.807, 2.05) is 0 Å². The smallest absolute Gasteiger partial charge is 0.155 e. The van der Waals surface area contributed by atoms with Crippen molar-refractivity contribution in [2.75, 3.05) is 20.1 Å². The van der Waals surface area contributed by atoms with Gasteiger partial charge in [0.05, 0.1) is 11.8 Å². The highest BCUT2D eigenvalue weighted by Gasteiger charge is 2.24. The topological polar surface area (TPSA) is 46.3 Å². The Labute approximate surface area is 82.9 Å². The van der Waals surface area contributed by atoms with Crippen LogP contribution in [0.4, 0.5) is 0 Å². The predicted molar refractivity (Wildman–Crippen MR) is 51.4 cm³/mol. The average Bonchev–Trinajstić information content (AvgIpc) is 2.65. The van der Waals surface area contributed by atoms with E-state index < -0.39 is 0 Å². The molecule has 0 spiro atoms. The van der Waals surface area contributed by atoms with Crippen LogP contribution in [0.5, 0.6) is 0 Å². The normalized spacial score (nSPS) is 23.6. The van der Waals surface area contributed by atoms with Crippen LogP contribution in [0.2, 0.25) is 0 Å². The molecule has 0 aromatic carbocycles. The maximum atomic E-state index is 10.7. The number of aromatic nitrogens is 1. The molecular formula is C10H14N2O2. The molecule has 1 aromatic rings. The first-order valence-electron chi connectivity index (χ1n) is 4.89. The van der Waals surface area contributed by atoms with E-state index >= 15 is 0 Å². The van der Waals surface area contributed by atoms with Crippen molar-refractivity contribution in [3.05, 3.63) is 17.5 Å². The van der Waals surface area contributed by atoms with Crippen LogP contribution in [0.25, 0.3) is 0 Å². The number of likely N-dealkylation sites (N-methyl/N-ethyl adjacent to an activating group) is 1. The Morgan fingerprint density at radius 1 is 1.71 bits per heavy atom. The van der Waals surface area contributed by atoms with Crippen LogP contribution in [0.15, 0.2) is 10.7 Å². The van der Waals surface area contributed by atoms with Crippen molar-refractivity contribution >= 4 is 6.29 Å². The Morgan fingerprint density at radius 2 is 2.57 bits per heavy atom. The predicted octanol–water partition coefficient (Wildman–Crippen LogP) is 1.30. The Kier molecular flexibility index (Phi) is 2.63. The third-order valence-electron chi connectivity index (χ3n) is 2.75. The number of rotatable bonds is 2. The van der Waals surface area contributed by atoms with E-state index in [-0.39, 0.29) is 0 Å². The van der Waals surface area contributed by atoms with Crippen molar-refractivity contribution in [3.8, 4) is 0 Å². The molecule has 0 N–H and O–H groups in total. The van der Waals surface area contributed by atoms with Crippen molar-refractivity contribution in [1.29, 1.82) is 0 Å². The molecule has 76 valence electrons. The molecule has 0 aliphatic carbocycles. The number of carbonyl (C=O) groups excluding carboxylic acids is 1. The van der Waals surface area contributed by atoms with Crippen LogP contribution >= 0.6 is 0 Å². The Morgan fingerprint density at radius 3 is 3.29 bits per heavy atom. The minimum atomic E-state index is 0.330. The molecule has 1 atom stereocenters. The molecule has 1 aromatic heterocycles. The number of nitrogens with zero attached hydrogens (tertiary/aromatic N) is 2. The number of piperidine rings is 1. The van der Waals surface area contributed by atoms with Gasteiger partial charge in [-0.05, 0) is 26.4 Å².